The topological polar surface area (TPSA) is 90.9 Å². The summed E-state index contributed by atoms with van der Waals surface area (Å²) in [4.78, 5) is 12.6. The van der Waals surface area contributed by atoms with Crippen LogP contribution in [0.5, 0.6) is 17.2 Å². The maximum atomic E-state index is 12.6. The molecule has 0 aliphatic heterocycles. The van der Waals surface area contributed by atoms with Crippen LogP contribution in [-0.2, 0) is 6.42 Å². The predicted octanol–water partition coefficient (Wildman–Crippen LogP) is 3.57. The molecule has 0 saturated heterocycles. The lowest BCUT2D eigenvalue weighted by Crippen LogP contribution is -2.04. The molecule has 0 spiro atoms. The van der Waals surface area contributed by atoms with Crippen molar-refractivity contribution in [2.45, 2.75) is 19.8 Å². The van der Waals surface area contributed by atoms with Gasteiger partial charge in [0, 0.05) is 11.6 Å². The highest BCUT2D eigenvalue weighted by atomic mass is 16.3. The second-order valence-electron chi connectivity index (χ2n) is 5.66. The van der Waals surface area contributed by atoms with E-state index in [1.165, 1.54) is 24.3 Å². The minimum atomic E-state index is -0.453. The van der Waals surface area contributed by atoms with Gasteiger partial charge in [0.05, 0.1) is 5.39 Å². The summed E-state index contributed by atoms with van der Waals surface area (Å²) < 4.78 is 5.58. The third kappa shape index (κ3) is 2.50. The maximum Gasteiger partial charge on any atom is 0.204 e. The summed E-state index contributed by atoms with van der Waals surface area (Å²) in [7, 11) is 0. The Morgan fingerprint density at radius 3 is 2.61 bits per heavy atom. The van der Waals surface area contributed by atoms with Gasteiger partial charge in [0.1, 0.15) is 33.8 Å². The lowest BCUT2D eigenvalue weighted by Gasteiger charge is -2.10. The smallest absolute Gasteiger partial charge is 0.204 e. The van der Waals surface area contributed by atoms with Crippen LogP contribution in [-0.4, -0.2) is 15.3 Å². The van der Waals surface area contributed by atoms with E-state index in [1.54, 1.807) is 0 Å². The summed E-state index contributed by atoms with van der Waals surface area (Å²) >= 11 is 0. The number of allylic oxidation sites excluding steroid dienone is 1. The van der Waals surface area contributed by atoms with E-state index in [0.717, 1.165) is 5.57 Å². The third-order valence-corrected chi connectivity index (χ3v) is 3.80. The Kier molecular flexibility index (Phi) is 3.48. The third-order valence-electron chi connectivity index (χ3n) is 3.80. The average molecular weight is 312 g/mol. The van der Waals surface area contributed by atoms with Crippen LogP contribution in [0, 0.1) is 0 Å². The van der Waals surface area contributed by atoms with Gasteiger partial charge in [-0.3, -0.25) is 4.79 Å². The molecule has 0 amide bonds. The summed E-state index contributed by atoms with van der Waals surface area (Å²) in [6, 6.07) is 5.49. The van der Waals surface area contributed by atoms with Crippen molar-refractivity contribution in [2.24, 2.45) is 0 Å². The van der Waals surface area contributed by atoms with E-state index >= 15 is 0 Å². The Labute approximate surface area is 131 Å². The van der Waals surface area contributed by atoms with Crippen molar-refractivity contribution in [1.82, 2.24) is 0 Å². The fourth-order valence-electron chi connectivity index (χ4n) is 2.59. The van der Waals surface area contributed by atoms with E-state index in [1.807, 2.05) is 6.92 Å². The van der Waals surface area contributed by atoms with E-state index in [9.17, 15) is 20.1 Å². The molecular formula is C18H16O5. The summed E-state index contributed by atoms with van der Waals surface area (Å²) in [5, 5.41) is 30.3. The number of hydrogen-bond acceptors (Lipinski definition) is 5. The SMILES string of the molecule is C=C(C)CCc1c(O)cc2oc3ccc(O)cc3c(=O)c2c1O. The molecule has 0 radical (unpaired) electrons. The van der Waals surface area contributed by atoms with Gasteiger partial charge in [0.2, 0.25) is 5.43 Å². The lowest BCUT2D eigenvalue weighted by molar-refractivity contribution is 0.440. The molecule has 5 heteroatoms. The maximum absolute atomic E-state index is 12.6. The van der Waals surface area contributed by atoms with Gasteiger partial charge < -0.3 is 19.7 Å². The van der Waals surface area contributed by atoms with Crippen LogP contribution in [0.4, 0.5) is 0 Å². The van der Waals surface area contributed by atoms with Crippen molar-refractivity contribution >= 4 is 21.9 Å². The minimum absolute atomic E-state index is 0.00221. The fraction of sp³-hybridized carbons (Fsp3) is 0.167. The first-order valence-corrected chi connectivity index (χ1v) is 7.16. The van der Waals surface area contributed by atoms with Crippen LogP contribution in [0.1, 0.15) is 18.9 Å². The highest BCUT2D eigenvalue weighted by molar-refractivity contribution is 5.95. The molecule has 0 aliphatic carbocycles. The molecule has 5 nitrogen and oxygen atoms in total. The van der Waals surface area contributed by atoms with Crippen LogP contribution in [0.15, 0.2) is 45.6 Å². The van der Waals surface area contributed by atoms with Crippen molar-refractivity contribution in [3.05, 3.63) is 52.2 Å². The van der Waals surface area contributed by atoms with Crippen molar-refractivity contribution in [3.63, 3.8) is 0 Å². The van der Waals surface area contributed by atoms with Gasteiger partial charge in [0.15, 0.2) is 0 Å². The highest BCUT2D eigenvalue weighted by Gasteiger charge is 2.18. The van der Waals surface area contributed by atoms with Crippen LogP contribution >= 0.6 is 0 Å². The molecule has 1 heterocycles. The van der Waals surface area contributed by atoms with Crippen LogP contribution < -0.4 is 5.43 Å². The number of benzene rings is 2. The number of rotatable bonds is 3. The monoisotopic (exact) mass is 312 g/mol. The van der Waals surface area contributed by atoms with Gasteiger partial charge in [-0.15, -0.1) is 6.58 Å². The molecule has 118 valence electrons. The predicted molar refractivity (Wildman–Crippen MR) is 88.1 cm³/mol. The summed E-state index contributed by atoms with van der Waals surface area (Å²) in [6.07, 6.45) is 0.937. The molecular weight excluding hydrogens is 296 g/mol. The Bertz CT molecular complexity index is 998. The van der Waals surface area contributed by atoms with Crippen molar-refractivity contribution in [3.8, 4) is 17.2 Å². The Hall–Kier alpha value is -2.95. The molecule has 2 aromatic carbocycles. The van der Waals surface area contributed by atoms with Gasteiger partial charge in [-0.25, -0.2) is 0 Å². The zero-order valence-corrected chi connectivity index (χ0v) is 12.6. The second-order valence-corrected chi connectivity index (χ2v) is 5.66. The normalized spacial score (nSPS) is 11.2. The molecule has 0 aliphatic rings. The number of fused-ring (bicyclic) bond motifs is 2. The number of hydrogen-bond donors (Lipinski definition) is 3. The Morgan fingerprint density at radius 2 is 1.91 bits per heavy atom. The highest BCUT2D eigenvalue weighted by Crippen LogP contribution is 2.36. The standard InChI is InChI=1S/C18H16O5/c1-9(2)3-5-11-13(20)8-15-16(17(11)21)18(22)12-7-10(19)4-6-14(12)23-15/h4,6-8,19-21H,1,3,5H2,2H3. The number of phenolic OH excluding ortho intramolecular Hbond substituents is 3. The molecule has 0 unspecified atom stereocenters. The van der Waals surface area contributed by atoms with Crippen molar-refractivity contribution < 1.29 is 19.7 Å². The van der Waals surface area contributed by atoms with E-state index in [2.05, 4.69) is 6.58 Å². The fourth-order valence-corrected chi connectivity index (χ4v) is 2.59. The van der Waals surface area contributed by atoms with E-state index in [-0.39, 0.29) is 44.8 Å². The lowest BCUT2D eigenvalue weighted by atomic mass is 10.0. The zero-order chi connectivity index (χ0) is 16.7. The Morgan fingerprint density at radius 1 is 1.17 bits per heavy atom. The number of aromatic hydroxyl groups is 3. The van der Waals surface area contributed by atoms with Gasteiger partial charge in [-0.2, -0.15) is 0 Å². The van der Waals surface area contributed by atoms with Gasteiger partial charge in [0.25, 0.3) is 0 Å². The average Bonchev–Trinajstić information content (AvgIpc) is 2.47. The van der Waals surface area contributed by atoms with Crippen molar-refractivity contribution in [2.75, 3.05) is 0 Å². The number of phenols is 3. The Balaban J connectivity index is 2.35. The van der Waals surface area contributed by atoms with Gasteiger partial charge >= 0.3 is 0 Å². The molecule has 0 atom stereocenters. The molecule has 1 aromatic heterocycles. The summed E-state index contributed by atoms with van der Waals surface area (Å²) in [5.74, 6) is -0.484. The summed E-state index contributed by atoms with van der Waals surface area (Å²) in [5.41, 5.74) is 1.11. The molecule has 0 fully saturated rings. The van der Waals surface area contributed by atoms with Gasteiger partial charge in [-0.1, -0.05) is 5.57 Å². The van der Waals surface area contributed by atoms with Gasteiger partial charge in [-0.05, 0) is 38.0 Å². The quantitative estimate of drug-likeness (QED) is 0.508. The van der Waals surface area contributed by atoms with Crippen LogP contribution in [0.2, 0.25) is 0 Å². The largest absolute Gasteiger partial charge is 0.508 e. The van der Waals surface area contributed by atoms with E-state index < -0.39 is 5.43 Å². The first-order valence-electron chi connectivity index (χ1n) is 7.16. The van der Waals surface area contributed by atoms with E-state index in [4.69, 9.17) is 4.42 Å². The van der Waals surface area contributed by atoms with Crippen molar-refractivity contribution in [1.29, 1.82) is 0 Å². The molecule has 3 aromatic rings. The first kappa shape index (κ1) is 15.0. The van der Waals surface area contributed by atoms with E-state index in [0.29, 0.717) is 12.8 Å². The van der Waals surface area contributed by atoms with Crippen LogP contribution in [0.3, 0.4) is 0 Å². The molecule has 0 bridgehead atoms. The van der Waals surface area contributed by atoms with Crippen LogP contribution in [0.25, 0.3) is 21.9 Å². The molecule has 3 N–H and O–H groups in total. The molecule has 23 heavy (non-hydrogen) atoms. The first-order chi connectivity index (χ1) is 10.9. The molecule has 0 saturated carbocycles. The second kappa shape index (κ2) is 5.35. The molecule has 3 rings (SSSR count). The summed E-state index contributed by atoms with van der Waals surface area (Å²) in [6.45, 7) is 5.64. The zero-order valence-electron chi connectivity index (χ0n) is 12.6. The minimum Gasteiger partial charge on any atom is -0.508 e.